The number of hydrogen-bond acceptors (Lipinski definition) is 7. The van der Waals surface area contributed by atoms with E-state index in [-0.39, 0.29) is 18.3 Å². The molecule has 1 saturated heterocycles. The number of nitrogen functional groups attached to an aromatic ring is 1. The van der Waals surface area contributed by atoms with Crippen molar-refractivity contribution in [3.8, 4) is 0 Å². The molecule has 0 amide bonds. The van der Waals surface area contributed by atoms with Gasteiger partial charge in [-0.05, 0) is 0 Å². The van der Waals surface area contributed by atoms with Crippen LogP contribution < -0.4 is 5.73 Å². The minimum atomic E-state index is -0.745. The Morgan fingerprint density at radius 3 is 2.89 bits per heavy atom. The lowest BCUT2D eigenvalue weighted by Crippen LogP contribution is -2.25. The number of nitrogens with two attached hydrogens (primary N) is 1. The van der Waals surface area contributed by atoms with Crippen LogP contribution in [-0.4, -0.2) is 48.5 Å². The summed E-state index contributed by atoms with van der Waals surface area (Å²) in [5, 5.41) is 19.4. The van der Waals surface area contributed by atoms with Crippen LogP contribution in [-0.2, 0) is 4.74 Å². The fraction of sp³-hybridized carbons (Fsp3) is 0.545. The third-order valence-corrected chi connectivity index (χ3v) is 3.57. The highest BCUT2D eigenvalue weighted by Gasteiger charge is 2.42. The van der Waals surface area contributed by atoms with E-state index in [1.165, 1.54) is 12.7 Å². The highest BCUT2D eigenvalue weighted by molar-refractivity contribution is 5.81. The van der Waals surface area contributed by atoms with E-state index >= 15 is 0 Å². The molecule has 1 aliphatic rings. The highest BCUT2D eigenvalue weighted by Crippen LogP contribution is 2.35. The summed E-state index contributed by atoms with van der Waals surface area (Å²) in [4.78, 5) is 12.1. The molecule has 0 bridgehead atoms. The van der Waals surface area contributed by atoms with Crippen LogP contribution >= 0.6 is 0 Å². The van der Waals surface area contributed by atoms with Crippen LogP contribution in [0.1, 0.15) is 13.2 Å². The molecule has 102 valence electrons. The standard InChI is InChI=1S/C11H15N5O3/c1-5-6(2-17)19-11(8(5)18)16-4-15-7-9(12)13-3-14-10(7)16/h3-6,8,11,17-18H,2H2,1H3,(H2,12,13,14)/t5-,6-,8-,11-/m1/s1. The van der Waals surface area contributed by atoms with Gasteiger partial charge in [0, 0.05) is 5.92 Å². The van der Waals surface area contributed by atoms with Crippen molar-refractivity contribution in [2.45, 2.75) is 25.4 Å². The van der Waals surface area contributed by atoms with Gasteiger partial charge in [0.15, 0.2) is 17.7 Å². The zero-order valence-electron chi connectivity index (χ0n) is 10.3. The summed E-state index contributed by atoms with van der Waals surface area (Å²) < 4.78 is 7.26. The average molecular weight is 265 g/mol. The van der Waals surface area contributed by atoms with E-state index in [0.29, 0.717) is 11.2 Å². The third-order valence-electron chi connectivity index (χ3n) is 3.57. The summed E-state index contributed by atoms with van der Waals surface area (Å²) in [6.45, 7) is 1.69. The number of nitrogens with zero attached hydrogens (tertiary/aromatic N) is 4. The quantitative estimate of drug-likeness (QED) is 0.656. The van der Waals surface area contributed by atoms with E-state index in [1.807, 2.05) is 6.92 Å². The van der Waals surface area contributed by atoms with E-state index in [2.05, 4.69) is 15.0 Å². The zero-order valence-corrected chi connectivity index (χ0v) is 10.3. The number of ether oxygens (including phenoxy) is 1. The SMILES string of the molecule is C[C@H]1[C@@H](O)[C@H](n2cnc3c(N)ncnc32)O[C@@H]1CO. The van der Waals surface area contributed by atoms with Crippen LogP contribution in [0, 0.1) is 5.92 Å². The van der Waals surface area contributed by atoms with Gasteiger partial charge in [0.1, 0.15) is 17.9 Å². The van der Waals surface area contributed by atoms with Gasteiger partial charge in [0.05, 0.1) is 19.0 Å². The summed E-state index contributed by atoms with van der Waals surface area (Å²) in [6.07, 6.45) is 1.06. The predicted octanol–water partition coefficient (Wildman–Crippen LogP) is -0.705. The monoisotopic (exact) mass is 265 g/mol. The summed E-state index contributed by atoms with van der Waals surface area (Å²) >= 11 is 0. The van der Waals surface area contributed by atoms with Crippen molar-refractivity contribution in [3.05, 3.63) is 12.7 Å². The Morgan fingerprint density at radius 1 is 1.42 bits per heavy atom. The maximum Gasteiger partial charge on any atom is 0.167 e. The summed E-state index contributed by atoms with van der Waals surface area (Å²) in [6, 6.07) is 0. The summed E-state index contributed by atoms with van der Waals surface area (Å²) in [7, 11) is 0. The first-order valence-electron chi connectivity index (χ1n) is 6.01. The fourth-order valence-corrected chi connectivity index (χ4v) is 2.36. The number of aromatic nitrogens is 4. The molecule has 0 spiro atoms. The maximum atomic E-state index is 10.2. The van der Waals surface area contributed by atoms with E-state index in [9.17, 15) is 10.2 Å². The van der Waals surface area contributed by atoms with E-state index in [0.717, 1.165) is 0 Å². The predicted molar refractivity (Wildman–Crippen MR) is 65.9 cm³/mol. The second-order valence-corrected chi connectivity index (χ2v) is 4.68. The Labute approximate surface area is 108 Å². The maximum absolute atomic E-state index is 10.2. The van der Waals surface area contributed by atoms with Gasteiger partial charge in [-0.2, -0.15) is 0 Å². The van der Waals surface area contributed by atoms with Crippen molar-refractivity contribution >= 4 is 17.0 Å². The molecule has 2 aromatic rings. The molecule has 8 nitrogen and oxygen atoms in total. The third kappa shape index (κ3) is 1.76. The number of hydrogen-bond donors (Lipinski definition) is 3. The van der Waals surface area contributed by atoms with Crippen LogP contribution in [0.5, 0.6) is 0 Å². The zero-order chi connectivity index (χ0) is 13.6. The van der Waals surface area contributed by atoms with Crippen molar-refractivity contribution in [2.24, 2.45) is 5.92 Å². The Morgan fingerprint density at radius 2 is 2.21 bits per heavy atom. The molecular weight excluding hydrogens is 250 g/mol. The molecular formula is C11H15N5O3. The number of imidazole rings is 1. The molecule has 0 aliphatic carbocycles. The van der Waals surface area contributed by atoms with Gasteiger partial charge in [0.25, 0.3) is 0 Å². The summed E-state index contributed by atoms with van der Waals surface area (Å²) in [5.41, 5.74) is 6.69. The number of aliphatic hydroxyl groups excluding tert-OH is 2. The molecule has 0 aromatic carbocycles. The van der Waals surface area contributed by atoms with E-state index in [1.54, 1.807) is 4.57 Å². The molecule has 0 saturated carbocycles. The number of fused-ring (bicyclic) bond motifs is 1. The Hall–Kier alpha value is -1.77. The Balaban J connectivity index is 2.04. The van der Waals surface area contributed by atoms with Crippen molar-refractivity contribution in [2.75, 3.05) is 12.3 Å². The van der Waals surface area contributed by atoms with E-state index < -0.39 is 18.4 Å². The molecule has 1 fully saturated rings. The van der Waals surface area contributed by atoms with Gasteiger partial charge in [-0.3, -0.25) is 4.57 Å². The topological polar surface area (TPSA) is 119 Å². The number of aliphatic hydroxyl groups is 2. The van der Waals surface area contributed by atoms with Crippen molar-refractivity contribution in [1.82, 2.24) is 19.5 Å². The Bertz CT molecular complexity index is 601. The lowest BCUT2D eigenvalue weighted by Gasteiger charge is -2.16. The first-order chi connectivity index (χ1) is 9.13. The Kier molecular flexibility index (Phi) is 2.85. The molecule has 1 aliphatic heterocycles. The minimum absolute atomic E-state index is 0.140. The first-order valence-corrected chi connectivity index (χ1v) is 6.01. The lowest BCUT2D eigenvalue weighted by molar-refractivity contribution is -0.0491. The van der Waals surface area contributed by atoms with E-state index in [4.69, 9.17) is 10.5 Å². The van der Waals surface area contributed by atoms with Gasteiger partial charge in [-0.15, -0.1) is 0 Å². The van der Waals surface area contributed by atoms with Gasteiger partial charge in [0.2, 0.25) is 0 Å². The van der Waals surface area contributed by atoms with Gasteiger partial charge in [-0.25, -0.2) is 15.0 Å². The second-order valence-electron chi connectivity index (χ2n) is 4.68. The largest absolute Gasteiger partial charge is 0.394 e. The van der Waals surface area contributed by atoms with Crippen LogP contribution in [0.4, 0.5) is 5.82 Å². The van der Waals surface area contributed by atoms with Gasteiger partial charge in [-0.1, -0.05) is 6.92 Å². The number of rotatable bonds is 2. The minimum Gasteiger partial charge on any atom is -0.394 e. The molecule has 3 rings (SSSR count). The lowest BCUT2D eigenvalue weighted by atomic mass is 10.0. The molecule has 4 N–H and O–H groups in total. The van der Waals surface area contributed by atoms with Crippen molar-refractivity contribution in [3.63, 3.8) is 0 Å². The number of anilines is 1. The van der Waals surface area contributed by atoms with Crippen molar-refractivity contribution < 1.29 is 14.9 Å². The molecule has 4 atom stereocenters. The average Bonchev–Trinajstić information content (AvgIpc) is 2.94. The fourth-order valence-electron chi connectivity index (χ4n) is 2.36. The van der Waals surface area contributed by atoms with Gasteiger partial charge < -0.3 is 20.7 Å². The first kappa shape index (κ1) is 12.3. The molecule has 3 heterocycles. The second kappa shape index (κ2) is 4.41. The molecule has 19 heavy (non-hydrogen) atoms. The highest BCUT2D eigenvalue weighted by atomic mass is 16.5. The smallest absolute Gasteiger partial charge is 0.167 e. The van der Waals surface area contributed by atoms with Crippen LogP contribution in [0.3, 0.4) is 0 Å². The molecule has 2 aromatic heterocycles. The molecule has 0 radical (unpaired) electrons. The van der Waals surface area contributed by atoms with Crippen molar-refractivity contribution in [1.29, 1.82) is 0 Å². The van der Waals surface area contributed by atoms with Crippen LogP contribution in [0.25, 0.3) is 11.2 Å². The molecule has 0 unspecified atom stereocenters. The molecule has 8 heteroatoms. The normalized spacial score (nSPS) is 31.1. The van der Waals surface area contributed by atoms with Crippen LogP contribution in [0.2, 0.25) is 0 Å². The van der Waals surface area contributed by atoms with Gasteiger partial charge >= 0.3 is 0 Å². The summed E-state index contributed by atoms with van der Waals surface area (Å²) in [5.74, 6) is 0.106. The van der Waals surface area contributed by atoms with Crippen LogP contribution in [0.15, 0.2) is 12.7 Å².